The van der Waals surface area contributed by atoms with Crippen molar-refractivity contribution in [2.75, 3.05) is 13.2 Å². The highest BCUT2D eigenvalue weighted by atomic mass is 19.4. The third-order valence-electron chi connectivity index (χ3n) is 6.06. The summed E-state index contributed by atoms with van der Waals surface area (Å²) in [6, 6.07) is 12.6. The molecule has 3 N–H and O–H groups in total. The van der Waals surface area contributed by atoms with E-state index in [1.165, 1.54) is 0 Å². The van der Waals surface area contributed by atoms with Gasteiger partial charge < -0.3 is 20.5 Å². The molecule has 3 rings (SSSR count). The van der Waals surface area contributed by atoms with Crippen LogP contribution in [0.1, 0.15) is 37.3 Å². The number of benzene rings is 2. The summed E-state index contributed by atoms with van der Waals surface area (Å²) in [5.74, 6) is -3.80. The molecule has 0 bridgehead atoms. The van der Waals surface area contributed by atoms with E-state index in [0.717, 1.165) is 22.3 Å². The average Bonchev–Trinajstić information content (AvgIpc) is 3.10. The second kappa shape index (κ2) is 10.8. The number of hydrogen-bond donors (Lipinski definition) is 3. The first-order valence-corrected chi connectivity index (χ1v) is 11.2. The number of alkyl halides is 3. The van der Waals surface area contributed by atoms with E-state index in [-0.39, 0.29) is 25.0 Å². The standard InChI is InChI=1S/C25H27F3N2O5/c1-14(2)19(23(32)33)12-29-22(31)11-21(25(26,27)28)30-24(34)35-13-20-17-9-5-3-7-15(17)16-8-4-6-10-18(16)20/h3-10,14,19-21H,11-13H2,1-2H3,(H,29,31)(H,30,34)(H,32,33). The second-order valence-electron chi connectivity index (χ2n) is 8.76. The van der Waals surface area contributed by atoms with Crippen molar-refractivity contribution in [3.63, 3.8) is 0 Å². The van der Waals surface area contributed by atoms with Crippen LogP contribution in [-0.4, -0.2) is 48.4 Å². The molecule has 1 aliphatic carbocycles. The zero-order valence-corrected chi connectivity index (χ0v) is 19.3. The van der Waals surface area contributed by atoms with Gasteiger partial charge in [-0.3, -0.25) is 9.59 Å². The van der Waals surface area contributed by atoms with Crippen LogP contribution in [-0.2, 0) is 14.3 Å². The topological polar surface area (TPSA) is 105 Å². The lowest BCUT2D eigenvalue weighted by molar-refractivity contribution is -0.160. The number of carboxylic acid groups (broad SMARTS) is 1. The summed E-state index contributed by atoms with van der Waals surface area (Å²) in [4.78, 5) is 35.6. The fourth-order valence-electron chi connectivity index (χ4n) is 4.12. The van der Waals surface area contributed by atoms with Gasteiger partial charge in [-0.15, -0.1) is 0 Å². The van der Waals surface area contributed by atoms with Gasteiger partial charge in [0.1, 0.15) is 12.6 Å². The third kappa shape index (κ3) is 6.32. The number of halogens is 3. The SMILES string of the molecule is CC(C)C(CNC(=O)CC(NC(=O)OCC1c2ccccc2-c2ccccc21)C(F)(F)F)C(=O)O. The first-order valence-electron chi connectivity index (χ1n) is 11.2. The van der Waals surface area contributed by atoms with Gasteiger partial charge in [0.25, 0.3) is 0 Å². The Labute approximate surface area is 200 Å². The van der Waals surface area contributed by atoms with Crippen LogP contribution in [0.5, 0.6) is 0 Å². The smallest absolute Gasteiger partial charge is 0.409 e. The first kappa shape index (κ1) is 26.1. The number of amides is 2. The number of carboxylic acids is 1. The van der Waals surface area contributed by atoms with Crippen molar-refractivity contribution in [1.29, 1.82) is 0 Å². The van der Waals surface area contributed by atoms with E-state index in [1.54, 1.807) is 19.2 Å². The summed E-state index contributed by atoms with van der Waals surface area (Å²) >= 11 is 0. The minimum absolute atomic E-state index is 0.175. The summed E-state index contributed by atoms with van der Waals surface area (Å²) in [5, 5.41) is 13.1. The molecule has 0 saturated carbocycles. The van der Waals surface area contributed by atoms with Gasteiger partial charge in [-0.25, -0.2) is 4.79 Å². The molecule has 0 aliphatic heterocycles. The molecule has 0 spiro atoms. The molecule has 0 saturated heterocycles. The Morgan fingerprint density at radius 2 is 1.54 bits per heavy atom. The molecule has 35 heavy (non-hydrogen) atoms. The van der Waals surface area contributed by atoms with E-state index < -0.39 is 42.5 Å². The molecule has 0 heterocycles. The molecule has 7 nitrogen and oxygen atoms in total. The van der Waals surface area contributed by atoms with Crippen LogP contribution in [0.3, 0.4) is 0 Å². The maximum Gasteiger partial charge on any atom is 0.409 e. The largest absolute Gasteiger partial charge is 0.481 e. The van der Waals surface area contributed by atoms with Crippen LogP contribution in [0, 0.1) is 11.8 Å². The summed E-state index contributed by atoms with van der Waals surface area (Å²) in [6.07, 6.45) is -7.31. The Balaban J connectivity index is 1.61. The maximum absolute atomic E-state index is 13.5. The number of alkyl carbamates (subject to hydrolysis) is 1. The number of rotatable bonds is 9. The Bertz CT molecular complexity index is 1040. The lowest BCUT2D eigenvalue weighted by atomic mass is 9.96. The average molecular weight is 492 g/mol. The molecule has 2 amide bonds. The van der Waals surface area contributed by atoms with Gasteiger partial charge >= 0.3 is 18.2 Å². The molecule has 10 heteroatoms. The van der Waals surface area contributed by atoms with Gasteiger partial charge in [-0.05, 0) is 28.2 Å². The lowest BCUT2D eigenvalue weighted by Gasteiger charge is -2.22. The van der Waals surface area contributed by atoms with Gasteiger partial charge in [0.2, 0.25) is 5.91 Å². The summed E-state index contributed by atoms with van der Waals surface area (Å²) in [7, 11) is 0. The number of nitrogens with one attached hydrogen (secondary N) is 2. The summed E-state index contributed by atoms with van der Waals surface area (Å²) in [6.45, 7) is 2.76. The van der Waals surface area contributed by atoms with Crippen LogP contribution >= 0.6 is 0 Å². The summed E-state index contributed by atoms with van der Waals surface area (Å²) < 4.78 is 45.6. The molecule has 2 unspecified atom stereocenters. The highest BCUT2D eigenvalue weighted by molar-refractivity contribution is 5.80. The Morgan fingerprint density at radius 1 is 1.00 bits per heavy atom. The van der Waals surface area contributed by atoms with Crippen molar-refractivity contribution >= 4 is 18.0 Å². The molecule has 188 valence electrons. The van der Waals surface area contributed by atoms with Crippen molar-refractivity contribution in [2.45, 2.75) is 38.4 Å². The zero-order chi connectivity index (χ0) is 25.8. The van der Waals surface area contributed by atoms with Crippen molar-refractivity contribution in [1.82, 2.24) is 10.6 Å². The van der Waals surface area contributed by atoms with Gasteiger partial charge in [0.15, 0.2) is 0 Å². The molecule has 2 aromatic carbocycles. The minimum Gasteiger partial charge on any atom is -0.481 e. The van der Waals surface area contributed by atoms with E-state index >= 15 is 0 Å². The molecular weight excluding hydrogens is 465 g/mol. The van der Waals surface area contributed by atoms with Gasteiger partial charge in [-0.1, -0.05) is 62.4 Å². The molecule has 0 fully saturated rings. The highest BCUT2D eigenvalue weighted by Gasteiger charge is 2.42. The number of fused-ring (bicyclic) bond motifs is 3. The maximum atomic E-state index is 13.5. The van der Waals surface area contributed by atoms with Crippen LogP contribution in [0.4, 0.5) is 18.0 Å². The van der Waals surface area contributed by atoms with Crippen molar-refractivity contribution in [2.24, 2.45) is 11.8 Å². The Kier molecular flexibility index (Phi) is 8.03. The monoisotopic (exact) mass is 492 g/mol. The van der Waals surface area contributed by atoms with Crippen LogP contribution in [0.25, 0.3) is 11.1 Å². The van der Waals surface area contributed by atoms with Gasteiger partial charge in [-0.2, -0.15) is 13.2 Å². The molecule has 0 aromatic heterocycles. The lowest BCUT2D eigenvalue weighted by Crippen LogP contribution is -2.49. The Morgan fingerprint density at radius 3 is 2.03 bits per heavy atom. The van der Waals surface area contributed by atoms with Gasteiger partial charge in [0, 0.05) is 12.5 Å². The van der Waals surface area contributed by atoms with E-state index in [9.17, 15) is 27.6 Å². The summed E-state index contributed by atoms with van der Waals surface area (Å²) in [5.41, 5.74) is 3.77. The number of carbonyl (C=O) groups is 3. The van der Waals surface area contributed by atoms with Crippen molar-refractivity contribution in [3.05, 3.63) is 59.7 Å². The fourth-order valence-corrected chi connectivity index (χ4v) is 4.12. The number of carbonyl (C=O) groups excluding carboxylic acids is 2. The number of hydrogen-bond acceptors (Lipinski definition) is 4. The zero-order valence-electron chi connectivity index (χ0n) is 19.3. The van der Waals surface area contributed by atoms with Crippen LogP contribution < -0.4 is 10.6 Å². The fraction of sp³-hybridized carbons (Fsp3) is 0.400. The number of ether oxygens (including phenoxy) is 1. The van der Waals surface area contributed by atoms with E-state index in [4.69, 9.17) is 9.84 Å². The van der Waals surface area contributed by atoms with Gasteiger partial charge in [0.05, 0.1) is 12.3 Å². The molecule has 0 radical (unpaired) electrons. The van der Waals surface area contributed by atoms with E-state index in [2.05, 4.69) is 5.32 Å². The quantitative estimate of drug-likeness (QED) is 0.484. The molecule has 2 atom stereocenters. The predicted molar refractivity (Wildman–Crippen MR) is 122 cm³/mol. The first-order chi connectivity index (χ1) is 16.5. The molecule has 2 aromatic rings. The van der Waals surface area contributed by atoms with E-state index in [1.807, 2.05) is 48.5 Å². The van der Waals surface area contributed by atoms with Crippen molar-refractivity contribution in [3.8, 4) is 11.1 Å². The van der Waals surface area contributed by atoms with E-state index in [0.29, 0.717) is 0 Å². The molecular formula is C25H27F3N2O5. The van der Waals surface area contributed by atoms with Crippen LogP contribution in [0.15, 0.2) is 48.5 Å². The minimum atomic E-state index is -4.91. The van der Waals surface area contributed by atoms with Crippen molar-refractivity contribution < 1.29 is 37.4 Å². The second-order valence-corrected chi connectivity index (χ2v) is 8.76. The molecule has 1 aliphatic rings. The van der Waals surface area contributed by atoms with Crippen LogP contribution in [0.2, 0.25) is 0 Å². The number of aliphatic carboxylic acids is 1. The third-order valence-corrected chi connectivity index (χ3v) is 6.06. The highest BCUT2D eigenvalue weighted by Crippen LogP contribution is 2.44. The Hall–Kier alpha value is -3.56. The predicted octanol–water partition coefficient (Wildman–Crippen LogP) is 4.32. The normalized spacial score (nSPS) is 14.6.